The first kappa shape index (κ1) is 15.6. The summed E-state index contributed by atoms with van der Waals surface area (Å²) in [6, 6.07) is 12.2. The molecule has 21 heavy (non-hydrogen) atoms. The Labute approximate surface area is 128 Å². The van der Waals surface area contributed by atoms with Crippen LogP contribution in [0, 0.1) is 19.7 Å². The van der Waals surface area contributed by atoms with Crippen LogP contribution in [0.5, 0.6) is 0 Å². The predicted octanol–water partition coefficient (Wildman–Crippen LogP) is 4.56. The SMILES string of the molecule is Cc1cccc(NC(=O)CCSc2ccc(F)cc2)c1C. The number of thioether (sulfide) groups is 1. The van der Waals surface area contributed by atoms with Gasteiger partial charge in [-0.1, -0.05) is 12.1 Å². The molecule has 2 nitrogen and oxygen atoms in total. The lowest BCUT2D eigenvalue weighted by Crippen LogP contribution is -2.13. The van der Waals surface area contributed by atoms with Crippen molar-refractivity contribution in [2.75, 3.05) is 11.1 Å². The van der Waals surface area contributed by atoms with E-state index in [1.54, 1.807) is 23.9 Å². The van der Waals surface area contributed by atoms with Crippen LogP contribution < -0.4 is 5.32 Å². The summed E-state index contributed by atoms with van der Waals surface area (Å²) in [4.78, 5) is 12.9. The zero-order valence-electron chi connectivity index (χ0n) is 12.2. The van der Waals surface area contributed by atoms with Crippen LogP contribution >= 0.6 is 11.8 Å². The van der Waals surface area contributed by atoms with Crippen LogP contribution in [0.2, 0.25) is 0 Å². The molecule has 2 rings (SSSR count). The van der Waals surface area contributed by atoms with Crippen molar-refractivity contribution < 1.29 is 9.18 Å². The summed E-state index contributed by atoms with van der Waals surface area (Å²) in [6.07, 6.45) is 0.426. The molecular formula is C17H18FNOS. The molecule has 0 aromatic heterocycles. The van der Waals surface area contributed by atoms with Crippen LogP contribution in [-0.4, -0.2) is 11.7 Å². The quantitative estimate of drug-likeness (QED) is 0.820. The highest BCUT2D eigenvalue weighted by Crippen LogP contribution is 2.21. The molecule has 4 heteroatoms. The molecule has 0 radical (unpaired) electrons. The number of hydrogen-bond donors (Lipinski definition) is 1. The molecule has 0 spiro atoms. The normalized spacial score (nSPS) is 10.4. The van der Waals surface area contributed by atoms with Gasteiger partial charge in [-0.3, -0.25) is 4.79 Å². The number of hydrogen-bond acceptors (Lipinski definition) is 2. The van der Waals surface area contributed by atoms with Crippen molar-refractivity contribution >= 4 is 23.4 Å². The number of halogens is 1. The Hall–Kier alpha value is -1.81. The molecule has 0 unspecified atom stereocenters. The van der Waals surface area contributed by atoms with Gasteiger partial charge in [-0.05, 0) is 55.3 Å². The van der Waals surface area contributed by atoms with Crippen molar-refractivity contribution in [2.45, 2.75) is 25.2 Å². The van der Waals surface area contributed by atoms with Crippen molar-refractivity contribution in [3.8, 4) is 0 Å². The second-order valence-electron chi connectivity index (χ2n) is 4.85. The van der Waals surface area contributed by atoms with Gasteiger partial charge in [0.15, 0.2) is 0 Å². The third-order valence-electron chi connectivity index (χ3n) is 3.29. The first-order valence-electron chi connectivity index (χ1n) is 6.80. The van der Waals surface area contributed by atoms with Crippen LogP contribution in [0.3, 0.4) is 0 Å². The van der Waals surface area contributed by atoms with Gasteiger partial charge < -0.3 is 5.32 Å². The first-order valence-corrected chi connectivity index (χ1v) is 7.79. The summed E-state index contributed by atoms with van der Waals surface area (Å²) in [5.41, 5.74) is 3.12. The molecule has 1 amide bonds. The third-order valence-corrected chi connectivity index (χ3v) is 4.30. The number of benzene rings is 2. The number of aryl methyl sites for hydroxylation is 1. The van der Waals surface area contributed by atoms with Gasteiger partial charge in [0.05, 0.1) is 0 Å². The third kappa shape index (κ3) is 4.60. The molecular weight excluding hydrogens is 285 g/mol. The lowest BCUT2D eigenvalue weighted by molar-refractivity contribution is -0.115. The highest BCUT2D eigenvalue weighted by atomic mass is 32.2. The summed E-state index contributed by atoms with van der Waals surface area (Å²) in [6.45, 7) is 4.02. The van der Waals surface area contributed by atoms with Gasteiger partial charge in [-0.15, -0.1) is 11.8 Å². The van der Waals surface area contributed by atoms with E-state index in [-0.39, 0.29) is 11.7 Å². The molecule has 0 aliphatic heterocycles. The van der Waals surface area contributed by atoms with E-state index in [1.807, 2.05) is 32.0 Å². The van der Waals surface area contributed by atoms with E-state index in [9.17, 15) is 9.18 Å². The van der Waals surface area contributed by atoms with Crippen LogP contribution in [-0.2, 0) is 4.79 Å². The Balaban J connectivity index is 1.82. The van der Waals surface area contributed by atoms with Crippen molar-refractivity contribution in [1.82, 2.24) is 0 Å². The molecule has 0 saturated heterocycles. The molecule has 0 heterocycles. The molecule has 0 aliphatic carbocycles. The van der Waals surface area contributed by atoms with Crippen molar-refractivity contribution in [2.24, 2.45) is 0 Å². The van der Waals surface area contributed by atoms with Gasteiger partial charge in [0.2, 0.25) is 5.91 Å². The Kier molecular flexibility index (Phi) is 5.39. The highest BCUT2D eigenvalue weighted by molar-refractivity contribution is 7.99. The van der Waals surface area contributed by atoms with E-state index in [0.717, 1.165) is 21.7 Å². The number of carbonyl (C=O) groups excluding carboxylic acids is 1. The maximum atomic E-state index is 12.8. The monoisotopic (exact) mass is 303 g/mol. The maximum Gasteiger partial charge on any atom is 0.225 e. The minimum atomic E-state index is -0.244. The van der Waals surface area contributed by atoms with Gasteiger partial charge in [0.25, 0.3) is 0 Å². The zero-order valence-corrected chi connectivity index (χ0v) is 13.0. The summed E-state index contributed by atoms with van der Waals surface area (Å²) >= 11 is 1.55. The van der Waals surface area contributed by atoms with Gasteiger partial charge in [-0.2, -0.15) is 0 Å². The van der Waals surface area contributed by atoms with Crippen LogP contribution in [0.1, 0.15) is 17.5 Å². The second kappa shape index (κ2) is 7.27. The van der Waals surface area contributed by atoms with Crippen LogP contribution in [0.25, 0.3) is 0 Å². The van der Waals surface area contributed by atoms with Crippen LogP contribution in [0.15, 0.2) is 47.4 Å². The second-order valence-corrected chi connectivity index (χ2v) is 6.02. The number of carbonyl (C=O) groups is 1. The molecule has 0 bridgehead atoms. The maximum absolute atomic E-state index is 12.8. The number of nitrogens with one attached hydrogen (secondary N) is 1. The van der Waals surface area contributed by atoms with Crippen molar-refractivity contribution in [3.05, 3.63) is 59.4 Å². The Morgan fingerprint density at radius 1 is 1.14 bits per heavy atom. The average Bonchev–Trinajstić information content (AvgIpc) is 2.46. The molecule has 110 valence electrons. The van der Waals surface area contributed by atoms with Gasteiger partial charge in [0.1, 0.15) is 5.82 Å². The zero-order chi connectivity index (χ0) is 15.2. The Morgan fingerprint density at radius 3 is 2.57 bits per heavy atom. The summed E-state index contributed by atoms with van der Waals surface area (Å²) < 4.78 is 12.8. The van der Waals surface area contributed by atoms with Gasteiger partial charge in [0, 0.05) is 22.8 Å². The lowest BCUT2D eigenvalue weighted by atomic mass is 10.1. The first-order chi connectivity index (χ1) is 10.1. The van der Waals surface area contributed by atoms with Crippen LogP contribution in [0.4, 0.5) is 10.1 Å². The van der Waals surface area contributed by atoms with E-state index in [2.05, 4.69) is 5.32 Å². The summed E-state index contributed by atoms with van der Waals surface area (Å²) in [5.74, 6) is 0.424. The summed E-state index contributed by atoms with van der Waals surface area (Å²) in [5, 5.41) is 2.93. The fourth-order valence-corrected chi connectivity index (χ4v) is 2.74. The Bertz CT molecular complexity index is 625. The summed E-state index contributed by atoms with van der Waals surface area (Å²) in [7, 11) is 0. The molecule has 2 aromatic rings. The minimum Gasteiger partial charge on any atom is -0.326 e. The molecule has 0 atom stereocenters. The molecule has 2 aromatic carbocycles. The standard InChI is InChI=1S/C17H18FNOS/c1-12-4-3-5-16(13(12)2)19-17(20)10-11-21-15-8-6-14(18)7-9-15/h3-9H,10-11H2,1-2H3,(H,19,20). The van der Waals surface area contributed by atoms with E-state index < -0.39 is 0 Å². The number of anilines is 1. The lowest BCUT2D eigenvalue weighted by Gasteiger charge is -2.10. The van der Waals surface area contributed by atoms with Gasteiger partial charge >= 0.3 is 0 Å². The number of amides is 1. The molecule has 0 saturated carbocycles. The smallest absolute Gasteiger partial charge is 0.225 e. The Morgan fingerprint density at radius 2 is 1.86 bits per heavy atom. The molecule has 0 aliphatic rings. The fraction of sp³-hybridized carbons (Fsp3) is 0.235. The van der Waals surface area contributed by atoms with E-state index in [1.165, 1.54) is 12.1 Å². The van der Waals surface area contributed by atoms with E-state index in [0.29, 0.717) is 12.2 Å². The van der Waals surface area contributed by atoms with Crippen molar-refractivity contribution in [1.29, 1.82) is 0 Å². The van der Waals surface area contributed by atoms with E-state index >= 15 is 0 Å². The predicted molar refractivity (Wildman–Crippen MR) is 86.3 cm³/mol. The van der Waals surface area contributed by atoms with Gasteiger partial charge in [-0.25, -0.2) is 4.39 Å². The molecule has 0 fully saturated rings. The topological polar surface area (TPSA) is 29.1 Å². The average molecular weight is 303 g/mol. The van der Waals surface area contributed by atoms with Crippen molar-refractivity contribution in [3.63, 3.8) is 0 Å². The minimum absolute atomic E-state index is 0.00156. The largest absolute Gasteiger partial charge is 0.326 e. The molecule has 1 N–H and O–H groups in total. The highest BCUT2D eigenvalue weighted by Gasteiger charge is 2.06. The van der Waals surface area contributed by atoms with E-state index in [4.69, 9.17) is 0 Å². The number of rotatable bonds is 5. The fourth-order valence-electron chi connectivity index (χ4n) is 1.89.